The number of hydrogen-bond donors (Lipinski definition) is 1. The van der Waals surface area contributed by atoms with Crippen molar-refractivity contribution in [2.45, 2.75) is 25.9 Å². The molecular weight excluding hydrogens is 373 g/mol. The van der Waals surface area contributed by atoms with E-state index in [0.717, 1.165) is 11.1 Å². The van der Waals surface area contributed by atoms with Crippen LogP contribution in [0.5, 0.6) is 0 Å². The van der Waals surface area contributed by atoms with E-state index in [-0.39, 0.29) is 10.8 Å². The van der Waals surface area contributed by atoms with Gasteiger partial charge in [0, 0.05) is 17.3 Å². The van der Waals surface area contributed by atoms with Crippen molar-refractivity contribution < 1.29 is 14.6 Å². The molecule has 0 saturated heterocycles. The second kappa shape index (κ2) is 9.41. The molecule has 0 aliphatic rings. The number of hydrogen-bond acceptors (Lipinski definition) is 3. The fourth-order valence-corrected chi connectivity index (χ4v) is 2.77. The molecule has 0 bridgehead atoms. The van der Waals surface area contributed by atoms with Gasteiger partial charge in [0.15, 0.2) is 6.10 Å². The van der Waals surface area contributed by atoms with Crippen LogP contribution in [0.2, 0.25) is 0 Å². The van der Waals surface area contributed by atoms with Gasteiger partial charge in [0.2, 0.25) is 0 Å². The Morgan fingerprint density at radius 3 is 2.81 bits per heavy atom. The lowest BCUT2D eigenvalue weighted by molar-refractivity contribution is -0.146. The molecular formula is C20H19Cl2NO3. The molecule has 1 atom stereocenters. The summed E-state index contributed by atoms with van der Waals surface area (Å²) in [6.45, 7) is 5.81. The molecule has 136 valence electrons. The van der Waals surface area contributed by atoms with Crippen molar-refractivity contribution in [3.05, 3.63) is 77.1 Å². The van der Waals surface area contributed by atoms with Crippen molar-refractivity contribution in [2.24, 2.45) is 0 Å². The number of aromatic nitrogens is 1. The number of carboxylic acids is 1. The highest BCUT2D eigenvalue weighted by Crippen LogP contribution is 2.28. The van der Waals surface area contributed by atoms with Crippen LogP contribution in [0.1, 0.15) is 28.8 Å². The lowest BCUT2D eigenvalue weighted by Gasteiger charge is -2.18. The van der Waals surface area contributed by atoms with Crippen molar-refractivity contribution in [3.63, 3.8) is 0 Å². The van der Waals surface area contributed by atoms with Crippen LogP contribution in [-0.2, 0) is 16.0 Å². The third-order valence-corrected chi connectivity index (χ3v) is 4.41. The molecule has 0 saturated carbocycles. The number of nitrogens with zero attached hydrogens (tertiary/aromatic N) is 1. The van der Waals surface area contributed by atoms with Gasteiger partial charge < -0.3 is 9.84 Å². The number of halogens is 2. The van der Waals surface area contributed by atoms with E-state index in [1.807, 2.05) is 31.2 Å². The summed E-state index contributed by atoms with van der Waals surface area (Å²) < 4.78 is 5.60. The van der Waals surface area contributed by atoms with E-state index in [2.05, 4.69) is 11.6 Å². The van der Waals surface area contributed by atoms with E-state index in [0.29, 0.717) is 24.1 Å². The van der Waals surface area contributed by atoms with E-state index in [1.54, 1.807) is 18.3 Å². The Bertz CT molecular complexity index is 833. The highest BCUT2D eigenvalue weighted by molar-refractivity contribution is 6.53. The molecule has 1 aromatic carbocycles. The number of ether oxygens (including phenoxy) is 1. The lowest BCUT2D eigenvalue weighted by Crippen LogP contribution is -2.24. The van der Waals surface area contributed by atoms with Gasteiger partial charge in [0.1, 0.15) is 11.5 Å². The summed E-state index contributed by atoms with van der Waals surface area (Å²) >= 11 is 11.7. The topological polar surface area (TPSA) is 59.4 Å². The van der Waals surface area contributed by atoms with Crippen molar-refractivity contribution in [1.82, 2.24) is 4.98 Å². The van der Waals surface area contributed by atoms with Gasteiger partial charge in [0.05, 0.1) is 5.03 Å². The molecule has 2 aromatic rings. The predicted octanol–water partition coefficient (Wildman–Crippen LogP) is 5.24. The first-order valence-corrected chi connectivity index (χ1v) is 8.79. The zero-order valence-electron chi connectivity index (χ0n) is 14.3. The Balaban J connectivity index is 2.13. The van der Waals surface area contributed by atoms with Crippen molar-refractivity contribution >= 4 is 40.0 Å². The van der Waals surface area contributed by atoms with Crippen LogP contribution in [0.4, 0.5) is 0 Å². The SMILES string of the molecule is C=C(OC(CCc1cccc(C)c1)C(=O)O)c1ncccc1/C(Cl)=C\Cl. The molecule has 0 amide bonds. The Kier molecular flexibility index (Phi) is 7.25. The van der Waals surface area contributed by atoms with Crippen LogP contribution in [0.25, 0.3) is 10.8 Å². The summed E-state index contributed by atoms with van der Waals surface area (Å²) in [7, 11) is 0. The number of carboxylic acid groups (broad SMARTS) is 1. The molecule has 1 aromatic heterocycles. The standard InChI is InChI=1S/C20H19Cl2NO3/c1-13-5-3-6-15(11-13)8-9-18(20(24)25)26-14(2)19-16(17(22)12-21)7-4-10-23-19/h3-7,10-12,18H,2,8-9H2,1H3,(H,24,25)/b17-12+. The highest BCUT2D eigenvalue weighted by Gasteiger charge is 2.22. The van der Waals surface area contributed by atoms with Gasteiger partial charge in [-0.05, 0) is 37.5 Å². The minimum absolute atomic E-state index is 0.133. The van der Waals surface area contributed by atoms with E-state index < -0.39 is 12.1 Å². The first-order chi connectivity index (χ1) is 12.4. The number of carbonyl (C=O) groups is 1. The third-order valence-electron chi connectivity index (χ3n) is 3.76. The number of pyridine rings is 1. The van der Waals surface area contributed by atoms with E-state index in [9.17, 15) is 9.90 Å². The molecule has 0 spiro atoms. The van der Waals surface area contributed by atoms with Crippen LogP contribution in [0, 0.1) is 6.92 Å². The first-order valence-electron chi connectivity index (χ1n) is 7.98. The van der Waals surface area contributed by atoms with E-state index in [4.69, 9.17) is 27.9 Å². The molecule has 1 heterocycles. The summed E-state index contributed by atoms with van der Waals surface area (Å²) in [5.41, 5.74) is 4.27. The van der Waals surface area contributed by atoms with Crippen LogP contribution in [-0.4, -0.2) is 22.2 Å². The maximum Gasteiger partial charge on any atom is 0.344 e. The lowest BCUT2D eigenvalue weighted by atomic mass is 10.0. The molecule has 6 heteroatoms. The Hall–Kier alpha value is -2.30. The second-order valence-electron chi connectivity index (χ2n) is 5.75. The van der Waals surface area contributed by atoms with Crippen LogP contribution in [0.3, 0.4) is 0 Å². The van der Waals surface area contributed by atoms with Gasteiger partial charge in [-0.3, -0.25) is 4.98 Å². The zero-order chi connectivity index (χ0) is 19.1. The molecule has 1 unspecified atom stereocenters. The quantitative estimate of drug-likeness (QED) is 0.625. The van der Waals surface area contributed by atoms with Gasteiger partial charge in [0.25, 0.3) is 0 Å². The molecule has 0 aliphatic heterocycles. The Morgan fingerprint density at radius 1 is 1.38 bits per heavy atom. The first kappa shape index (κ1) is 20.0. The maximum absolute atomic E-state index is 11.6. The van der Waals surface area contributed by atoms with Crippen molar-refractivity contribution in [2.75, 3.05) is 0 Å². The summed E-state index contributed by atoms with van der Waals surface area (Å²) in [6.07, 6.45) is 1.38. The fraction of sp³-hybridized carbons (Fsp3) is 0.200. The molecule has 1 N–H and O–H groups in total. The van der Waals surface area contributed by atoms with Gasteiger partial charge in [-0.1, -0.05) is 59.6 Å². The minimum atomic E-state index is -1.06. The van der Waals surface area contributed by atoms with Crippen molar-refractivity contribution in [1.29, 1.82) is 0 Å². The number of benzene rings is 1. The number of aryl methyl sites for hydroxylation is 2. The average molecular weight is 392 g/mol. The molecule has 26 heavy (non-hydrogen) atoms. The number of rotatable bonds is 8. The normalized spacial score (nSPS) is 12.5. The monoisotopic (exact) mass is 391 g/mol. The summed E-state index contributed by atoms with van der Waals surface area (Å²) in [5, 5.41) is 9.75. The number of aliphatic carboxylic acids is 1. The Labute approximate surface area is 162 Å². The maximum atomic E-state index is 11.6. The van der Waals surface area contributed by atoms with Crippen LogP contribution < -0.4 is 0 Å². The summed E-state index contributed by atoms with van der Waals surface area (Å²) in [6, 6.07) is 11.3. The van der Waals surface area contributed by atoms with Gasteiger partial charge in [-0.15, -0.1) is 0 Å². The molecule has 0 aliphatic carbocycles. The Morgan fingerprint density at radius 2 is 2.15 bits per heavy atom. The van der Waals surface area contributed by atoms with E-state index >= 15 is 0 Å². The molecule has 2 rings (SSSR count). The average Bonchev–Trinajstić information content (AvgIpc) is 2.64. The van der Waals surface area contributed by atoms with Crippen LogP contribution >= 0.6 is 23.2 Å². The van der Waals surface area contributed by atoms with E-state index in [1.165, 1.54) is 5.54 Å². The predicted molar refractivity (Wildman–Crippen MR) is 105 cm³/mol. The van der Waals surface area contributed by atoms with Crippen molar-refractivity contribution in [3.8, 4) is 0 Å². The molecule has 0 fully saturated rings. The summed E-state index contributed by atoms with van der Waals surface area (Å²) in [5.74, 6) is -0.927. The minimum Gasteiger partial charge on any atom is -0.479 e. The smallest absolute Gasteiger partial charge is 0.344 e. The summed E-state index contributed by atoms with van der Waals surface area (Å²) in [4.78, 5) is 15.8. The van der Waals surface area contributed by atoms with Gasteiger partial charge in [-0.2, -0.15) is 0 Å². The molecule has 4 nitrogen and oxygen atoms in total. The third kappa shape index (κ3) is 5.35. The largest absolute Gasteiger partial charge is 0.479 e. The van der Waals surface area contributed by atoms with Gasteiger partial charge in [-0.25, -0.2) is 4.79 Å². The molecule has 0 radical (unpaired) electrons. The fourth-order valence-electron chi connectivity index (χ4n) is 2.50. The van der Waals surface area contributed by atoms with Gasteiger partial charge >= 0.3 is 5.97 Å². The second-order valence-corrected chi connectivity index (χ2v) is 6.38. The van der Waals surface area contributed by atoms with Crippen LogP contribution in [0.15, 0.2) is 54.7 Å². The zero-order valence-corrected chi connectivity index (χ0v) is 15.8. The highest BCUT2D eigenvalue weighted by atomic mass is 35.5.